The van der Waals surface area contributed by atoms with Crippen molar-refractivity contribution in [3.8, 4) is 11.8 Å². The molecule has 1 aromatic rings. The minimum Gasteiger partial charge on any atom is -0.152 e. The van der Waals surface area contributed by atoms with Crippen LogP contribution in [0.25, 0.3) is 0 Å². The van der Waals surface area contributed by atoms with Gasteiger partial charge in [-0.15, -0.1) is 5.92 Å². The first-order valence-corrected chi connectivity index (χ1v) is 12.0. The van der Waals surface area contributed by atoms with Crippen LogP contribution < -0.4 is 0 Å². The maximum atomic E-state index is 9.73. The van der Waals surface area contributed by atoms with E-state index < -0.39 is 53.1 Å². The fourth-order valence-corrected chi connectivity index (χ4v) is 0.666. The molecule has 0 nitrogen and oxygen atoms in total. The molecule has 0 fully saturated rings. The zero-order valence-electron chi connectivity index (χ0n) is 15.5. The van der Waals surface area contributed by atoms with Gasteiger partial charge in [-0.1, -0.05) is 24.1 Å². The van der Waals surface area contributed by atoms with Gasteiger partial charge in [0.05, 0.1) is 0 Å². The van der Waals surface area contributed by atoms with Crippen molar-refractivity contribution in [2.45, 2.75) is 6.92 Å². The van der Waals surface area contributed by atoms with E-state index >= 15 is 0 Å². The fourth-order valence-electron chi connectivity index (χ4n) is 0.666. The molecule has 0 saturated heterocycles. The van der Waals surface area contributed by atoms with Gasteiger partial charge in [0.15, 0.2) is 0 Å². The molecule has 0 unspecified atom stereocenters. The Kier molecular flexibility index (Phi) is 78.2. The summed E-state index contributed by atoms with van der Waals surface area (Å²) in [6.45, 7) is 1.84. The first-order chi connectivity index (χ1) is 14.8. The molecule has 0 atom stereocenters. The number of hydrogen-bond donors (Lipinski definition) is 0. The van der Waals surface area contributed by atoms with Crippen LogP contribution in [0.3, 0.4) is 0 Å². The van der Waals surface area contributed by atoms with Crippen molar-refractivity contribution in [2.24, 2.45) is 0 Å². The second-order valence-electron chi connectivity index (χ2n) is 2.89. The summed E-state index contributed by atoms with van der Waals surface area (Å²) in [5, 5.41) is 0. The quantitative estimate of drug-likeness (QED) is 0.106. The number of benzene rings is 1. The molecule has 0 aromatic heterocycles. The Bertz CT molecular complexity index is 445. The van der Waals surface area contributed by atoms with Gasteiger partial charge in [-0.2, -0.15) is 75.5 Å². The molecule has 1 aromatic carbocycles. The standard InChI is InChI=1S/C9H8.6F3P.2Rh/c1-2-6-9-7-4-3-5-8-9;6*1-4(2)3;;/h3-5,7-8H,1H3;;;;;;;;. The zero-order chi connectivity index (χ0) is 28.0. The molecule has 0 amide bonds. The Balaban J connectivity index is -0.0000000417. The third-order valence-corrected chi connectivity index (χ3v) is 1.04. The van der Waals surface area contributed by atoms with Crippen LogP contribution in [-0.2, 0) is 39.0 Å². The summed E-state index contributed by atoms with van der Waals surface area (Å²) in [7, 11) is -24.7. The molecule has 35 heavy (non-hydrogen) atoms. The van der Waals surface area contributed by atoms with Gasteiger partial charge in [-0.3, -0.25) is 0 Å². The predicted molar refractivity (Wildman–Crippen MR) is 100 cm³/mol. The molecule has 0 heterocycles. The van der Waals surface area contributed by atoms with Crippen LogP contribution in [0.5, 0.6) is 0 Å². The minimum absolute atomic E-state index is 0. The maximum absolute atomic E-state index is 9.73. The summed E-state index contributed by atoms with van der Waals surface area (Å²) in [4.78, 5) is 0. The first-order valence-electron chi connectivity index (χ1n) is 5.95. The second-order valence-corrected chi connectivity index (χ2v) is 5.19. The van der Waals surface area contributed by atoms with E-state index in [0.29, 0.717) is 0 Å². The number of rotatable bonds is 0. The van der Waals surface area contributed by atoms with Crippen molar-refractivity contribution < 1.29 is 115 Å². The Hall–Kier alpha value is 1.35. The van der Waals surface area contributed by atoms with Crippen molar-refractivity contribution in [1.29, 1.82) is 0 Å². The summed E-state index contributed by atoms with van der Waals surface area (Å²) in [6.07, 6.45) is 0. The van der Waals surface area contributed by atoms with E-state index in [9.17, 15) is 75.5 Å². The average Bonchev–Trinajstić information content (AvgIpc) is 2.53. The molecule has 0 spiro atoms. The Morgan fingerprint density at radius 3 is 0.743 bits per heavy atom. The van der Waals surface area contributed by atoms with Crippen LogP contribution in [-0.4, -0.2) is 0 Å². The summed E-state index contributed by atoms with van der Waals surface area (Å²) >= 11 is 0. The van der Waals surface area contributed by atoms with Crippen LogP contribution in [0.1, 0.15) is 12.5 Å². The van der Waals surface area contributed by atoms with Crippen molar-refractivity contribution in [1.82, 2.24) is 0 Å². The average molecular weight is 850 g/mol. The van der Waals surface area contributed by atoms with Crippen LogP contribution in [0.2, 0.25) is 0 Å². The van der Waals surface area contributed by atoms with E-state index in [1.165, 1.54) is 0 Å². The molecular weight excluding hydrogens is 842 g/mol. The number of hydrogen-bond acceptors (Lipinski definition) is 0. The summed E-state index contributed by atoms with van der Waals surface area (Å²) < 4.78 is 175. The van der Waals surface area contributed by atoms with E-state index in [1.807, 2.05) is 37.3 Å². The molecule has 0 aliphatic heterocycles. The van der Waals surface area contributed by atoms with Crippen molar-refractivity contribution in [3.05, 3.63) is 35.9 Å². The van der Waals surface area contributed by atoms with Gasteiger partial charge in [0.1, 0.15) is 0 Å². The van der Waals surface area contributed by atoms with Gasteiger partial charge in [0.2, 0.25) is 0 Å². The van der Waals surface area contributed by atoms with Crippen molar-refractivity contribution >= 4 is 53.1 Å². The van der Waals surface area contributed by atoms with Gasteiger partial charge < -0.3 is 0 Å². The predicted octanol–water partition coefficient (Wildman–Crippen LogP) is 14.8. The molecule has 0 bridgehead atoms. The monoisotopic (exact) mass is 850 g/mol. The topological polar surface area (TPSA) is 0 Å². The molecule has 0 N–H and O–H groups in total. The Morgan fingerprint density at radius 1 is 0.429 bits per heavy atom. The van der Waals surface area contributed by atoms with E-state index in [2.05, 4.69) is 11.8 Å². The largest absolute Gasteiger partial charge is 0.456 e. The SMILES string of the molecule is CC#Cc1ccccc1.FP(F)F.FP(F)F.FP(F)F.FP(F)F.FP(F)F.FP(F)F.[Rh].[Rh]. The smallest absolute Gasteiger partial charge is 0.152 e. The van der Waals surface area contributed by atoms with Crippen LogP contribution in [0.15, 0.2) is 30.3 Å². The summed E-state index contributed by atoms with van der Waals surface area (Å²) in [5.41, 5.74) is 1.08. The van der Waals surface area contributed by atoms with Crippen LogP contribution >= 0.6 is 53.1 Å². The van der Waals surface area contributed by atoms with Gasteiger partial charge in [-0.05, 0) is 19.1 Å². The van der Waals surface area contributed by atoms with E-state index in [1.54, 1.807) is 0 Å². The minimum atomic E-state index is -4.12. The molecule has 2 radical (unpaired) electrons. The molecule has 26 heteroatoms. The van der Waals surface area contributed by atoms with Crippen LogP contribution in [0, 0.1) is 11.8 Å². The van der Waals surface area contributed by atoms with Gasteiger partial charge in [0, 0.05) is 44.5 Å². The summed E-state index contributed by atoms with van der Waals surface area (Å²) in [6, 6.07) is 9.95. The zero-order valence-corrected chi connectivity index (χ0v) is 24.2. The fraction of sp³-hybridized carbons (Fsp3) is 0.111. The Labute approximate surface area is 222 Å². The normalized spacial score (nSPS) is 8.14. The molecule has 1 rings (SSSR count). The van der Waals surface area contributed by atoms with Crippen molar-refractivity contribution in [3.63, 3.8) is 0 Å². The maximum Gasteiger partial charge on any atom is 0.456 e. The van der Waals surface area contributed by atoms with E-state index in [-0.39, 0.29) is 39.0 Å². The van der Waals surface area contributed by atoms with E-state index in [0.717, 1.165) is 5.56 Å². The molecule has 0 aliphatic carbocycles. The molecule has 0 saturated carbocycles. The molecule has 0 aliphatic rings. The van der Waals surface area contributed by atoms with Gasteiger partial charge in [-0.25, -0.2) is 0 Å². The Morgan fingerprint density at radius 2 is 0.600 bits per heavy atom. The summed E-state index contributed by atoms with van der Waals surface area (Å²) in [5.74, 6) is 5.79. The first kappa shape index (κ1) is 56.5. The third kappa shape index (κ3) is 258. The van der Waals surface area contributed by atoms with Crippen LogP contribution in [0.4, 0.5) is 75.5 Å². The molecule has 218 valence electrons. The number of halogens is 18. The third-order valence-electron chi connectivity index (χ3n) is 1.04. The van der Waals surface area contributed by atoms with Gasteiger partial charge in [0.25, 0.3) is 0 Å². The molecular formula is C9H8F18P6Rh2. The van der Waals surface area contributed by atoms with Crippen molar-refractivity contribution in [2.75, 3.05) is 0 Å². The van der Waals surface area contributed by atoms with E-state index in [4.69, 9.17) is 0 Å². The van der Waals surface area contributed by atoms with Gasteiger partial charge >= 0.3 is 53.1 Å². The second kappa shape index (κ2) is 48.4.